The molecule has 0 aliphatic carbocycles. The number of aromatic nitrogens is 2. The zero-order valence-corrected chi connectivity index (χ0v) is 48.1. The van der Waals surface area contributed by atoms with Crippen LogP contribution in [0, 0.1) is 17.9 Å². The second-order valence-electron chi connectivity index (χ2n) is 22.4. The molecule has 0 N–H and O–H groups in total. The van der Waals surface area contributed by atoms with Gasteiger partial charge in [0.1, 0.15) is 17.2 Å². The van der Waals surface area contributed by atoms with Gasteiger partial charge < -0.3 is 13.6 Å². The number of thiophene rings is 2. The quantitative estimate of drug-likeness (QED) is 0.149. The predicted molar refractivity (Wildman–Crippen MR) is 366 cm³/mol. The Balaban J connectivity index is 1.04. The fourth-order valence-electron chi connectivity index (χ4n) is 13.9. The molecule has 0 spiro atoms. The van der Waals surface area contributed by atoms with Gasteiger partial charge >= 0.3 is 0 Å². The molecule has 18 rings (SSSR count). The van der Waals surface area contributed by atoms with Crippen molar-refractivity contribution in [3.63, 3.8) is 0 Å². The Kier molecular flexibility index (Phi) is 10.8. The first-order chi connectivity index (χ1) is 43.1. The molecular weight excluding hydrogens is 1100 g/mol. The van der Waals surface area contributed by atoms with Crippen LogP contribution in [0.3, 0.4) is 0 Å². The third-order valence-corrected chi connectivity index (χ3v) is 20.2. The van der Waals surface area contributed by atoms with Gasteiger partial charge in [-0.1, -0.05) is 212 Å². The number of fused-ring (bicyclic) bond motifs is 17. The summed E-state index contributed by atoms with van der Waals surface area (Å²) in [5, 5.41) is 23.5. The second kappa shape index (κ2) is 19.1. The van der Waals surface area contributed by atoms with Gasteiger partial charge in [0.25, 0.3) is 0 Å². The molecule has 0 saturated carbocycles. The van der Waals surface area contributed by atoms with Gasteiger partial charge in [0.05, 0.1) is 55.0 Å². The first kappa shape index (κ1) is 49.1. The molecule has 5 heterocycles. The van der Waals surface area contributed by atoms with Crippen molar-refractivity contribution in [2.45, 2.75) is 0 Å². The van der Waals surface area contributed by atoms with Crippen LogP contribution >= 0.6 is 22.7 Å². The van der Waals surface area contributed by atoms with Gasteiger partial charge in [-0.25, -0.2) is 4.85 Å². The normalized spacial score (nSPS) is 11.9. The van der Waals surface area contributed by atoms with E-state index in [4.69, 9.17) is 4.42 Å². The van der Waals surface area contributed by atoms with E-state index in [1.807, 2.05) is 36.4 Å². The van der Waals surface area contributed by atoms with Crippen molar-refractivity contribution in [3.8, 4) is 73.1 Å². The van der Waals surface area contributed by atoms with E-state index in [1.165, 1.54) is 20.2 Å². The Hall–Kier alpha value is -11.3. The molecule has 87 heavy (non-hydrogen) atoms. The Bertz CT molecular complexity index is 5840. The van der Waals surface area contributed by atoms with Gasteiger partial charge in [-0.05, 0) is 99.1 Å². The number of benzene rings is 13. The average Bonchev–Trinajstić information content (AvgIpc) is 1.87. The standard InChI is InChI=1S/C80H44N4OS2/c1-82-74-72(49-22-10-4-11-23-49)65(46-81)75(73(50-24-12-5-13-25-50)78(74)83-66-28-16-14-26-55(66)56-34-30-54(45-67(56)83)53-31-39-69-62(42-53)57-27-15-17-29-68(57)85-69)84-76-58(35-37-60-63-43-51(47-18-6-2-7-19-47)32-40-70(63)86-79(60)76)59-36-38-61-64-44-52(48-20-8-3-9-21-48)33-41-71(64)87-80(61)77(59)84/h2-45H. The van der Waals surface area contributed by atoms with Crippen LogP contribution in [-0.2, 0) is 0 Å². The fraction of sp³-hybridized carbons (Fsp3) is 0. The Labute approximate surface area is 506 Å². The molecule has 0 aliphatic heterocycles. The van der Waals surface area contributed by atoms with Crippen molar-refractivity contribution < 1.29 is 4.42 Å². The van der Waals surface area contributed by atoms with Gasteiger partial charge in [0.15, 0.2) is 0 Å². The van der Waals surface area contributed by atoms with E-state index in [0.29, 0.717) is 28.2 Å². The molecule has 5 nitrogen and oxygen atoms in total. The lowest BCUT2D eigenvalue weighted by molar-refractivity contribution is 0.669. The lowest BCUT2D eigenvalue weighted by atomic mass is 9.88. The molecule has 0 bridgehead atoms. The van der Waals surface area contributed by atoms with Crippen LogP contribution in [0.5, 0.6) is 0 Å². The number of rotatable bonds is 7. The highest BCUT2D eigenvalue weighted by molar-refractivity contribution is 7.27. The Morgan fingerprint density at radius 2 is 0.793 bits per heavy atom. The monoisotopic (exact) mass is 1140 g/mol. The SMILES string of the molecule is [C-]#[N+]c1c(-c2ccccc2)c(C#N)c(-n2c3c(ccc4c5cc(-c6ccccc6)ccc5sc43)c3ccc4c5cc(-c6ccccc6)ccc5sc4c32)c(-c2ccccc2)c1-n1c2ccccc2c2ccc(-c3ccc4oc5ccccc5c4c3)cc21. The summed E-state index contributed by atoms with van der Waals surface area (Å²) in [6.45, 7) is 9.62. The summed E-state index contributed by atoms with van der Waals surface area (Å²) in [7, 11) is 0. The molecule has 5 aromatic heterocycles. The molecule has 0 radical (unpaired) electrons. The van der Waals surface area contributed by atoms with Crippen LogP contribution in [0.2, 0.25) is 0 Å². The molecule has 13 aromatic carbocycles. The summed E-state index contributed by atoms with van der Waals surface area (Å²) < 4.78 is 15.7. The van der Waals surface area contributed by atoms with Gasteiger partial charge in [-0.3, -0.25) is 0 Å². The van der Waals surface area contributed by atoms with Gasteiger partial charge in [0.2, 0.25) is 5.69 Å². The van der Waals surface area contributed by atoms with E-state index in [2.05, 4.69) is 251 Å². The predicted octanol–water partition coefficient (Wildman–Crippen LogP) is 23.3. The molecule has 0 unspecified atom stereocenters. The average molecular weight is 1140 g/mol. The number of nitrogens with zero attached hydrogens (tertiary/aromatic N) is 4. The maximum atomic E-state index is 12.5. The highest BCUT2D eigenvalue weighted by Gasteiger charge is 2.33. The van der Waals surface area contributed by atoms with Crippen molar-refractivity contribution in [1.82, 2.24) is 9.13 Å². The molecule has 0 atom stereocenters. The van der Waals surface area contributed by atoms with Crippen molar-refractivity contribution in [1.29, 1.82) is 5.26 Å². The summed E-state index contributed by atoms with van der Waals surface area (Å²) in [6, 6.07) is 97.6. The van der Waals surface area contributed by atoms with Crippen LogP contribution < -0.4 is 0 Å². The highest BCUT2D eigenvalue weighted by atomic mass is 32.1. The second-order valence-corrected chi connectivity index (χ2v) is 24.5. The molecule has 0 fully saturated rings. The maximum absolute atomic E-state index is 12.5. The van der Waals surface area contributed by atoms with Crippen LogP contribution in [0.25, 0.3) is 178 Å². The number of nitriles is 1. The highest BCUT2D eigenvalue weighted by Crippen LogP contribution is 2.55. The first-order valence-corrected chi connectivity index (χ1v) is 30.7. The topological polar surface area (TPSA) is 51.1 Å². The van der Waals surface area contributed by atoms with Crippen molar-refractivity contribution in [2.24, 2.45) is 0 Å². The third kappa shape index (κ3) is 7.29. The molecular formula is C80H44N4OS2. The molecule has 0 amide bonds. The van der Waals surface area contributed by atoms with E-state index in [9.17, 15) is 11.8 Å². The van der Waals surface area contributed by atoms with E-state index < -0.39 is 0 Å². The number of furan rings is 1. The molecule has 18 aromatic rings. The lowest BCUT2D eigenvalue weighted by Crippen LogP contribution is -2.09. The molecule has 0 aliphatic rings. The summed E-state index contributed by atoms with van der Waals surface area (Å²) in [5.74, 6) is 0. The summed E-state index contributed by atoms with van der Waals surface area (Å²) >= 11 is 3.60. The molecule has 402 valence electrons. The fourth-order valence-corrected chi connectivity index (χ4v) is 16.4. The number of hydrogen-bond acceptors (Lipinski definition) is 4. The van der Waals surface area contributed by atoms with Crippen LogP contribution in [0.1, 0.15) is 5.56 Å². The van der Waals surface area contributed by atoms with Gasteiger partial charge in [-0.2, -0.15) is 5.26 Å². The van der Waals surface area contributed by atoms with Crippen molar-refractivity contribution in [2.75, 3.05) is 0 Å². The summed E-state index contributed by atoms with van der Waals surface area (Å²) in [4.78, 5) is 4.68. The Morgan fingerprint density at radius 1 is 0.345 bits per heavy atom. The van der Waals surface area contributed by atoms with Gasteiger partial charge in [0, 0.05) is 74.4 Å². The van der Waals surface area contributed by atoms with Crippen LogP contribution in [0.4, 0.5) is 5.69 Å². The van der Waals surface area contributed by atoms with E-state index in [1.54, 1.807) is 22.7 Å². The largest absolute Gasteiger partial charge is 0.456 e. The van der Waals surface area contributed by atoms with Crippen molar-refractivity contribution >= 4 is 134 Å². The maximum Gasteiger partial charge on any atom is 0.220 e. The minimum absolute atomic E-state index is 0.390. The smallest absolute Gasteiger partial charge is 0.220 e. The summed E-state index contributed by atoms with van der Waals surface area (Å²) in [5.41, 5.74) is 17.6. The van der Waals surface area contributed by atoms with Crippen LogP contribution in [0.15, 0.2) is 271 Å². The number of hydrogen-bond donors (Lipinski definition) is 0. The van der Waals surface area contributed by atoms with E-state index in [-0.39, 0.29) is 0 Å². The molecule has 7 heteroatoms. The first-order valence-electron chi connectivity index (χ1n) is 29.1. The zero-order valence-electron chi connectivity index (χ0n) is 46.4. The van der Waals surface area contributed by atoms with Crippen molar-refractivity contribution in [3.05, 3.63) is 284 Å². The molecule has 0 saturated heterocycles. The summed E-state index contributed by atoms with van der Waals surface area (Å²) in [6.07, 6.45) is 0. The zero-order chi connectivity index (χ0) is 57.4. The third-order valence-electron chi connectivity index (χ3n) is 17.8. The number of para-hydroxylation sites is 2. The lowest BCUT2D eigenvalue weighted by Gasteiger charge is -2.26. The van der Waals surface area contributed by atoms with E-state index in [0.717, 1.165) is 136 Å². The van der Waals surface area contributed by atoms with E-state index >= 15 is 0 Å². The minimum atomic E-state index is 0.390. The van der Waals surface area contributed by atoms with Gasteiger partial charge in [-0.15, -0.1) is 22.7 Å². The Morgan fingerprint density at radius 3 is 1.39 bits per heavy atom. The minimum Gasteiger partial charge on any atom is -0.456 e. The van der Waals surface area contributed by atoms with Crippen LogP contribution in [-0.4, -0.2) is 9.13 Å².